The van der Waals surface area contributed by atoms with Crippen molar-refractivity contribution in [2.45, 2.75) is 36.8 Å². The number of ether oxygens (including phenoxy) is 4. The van der Waals surface area contributed by atoms with E-state index in [1.165, 1.54) is 19.8 Å². The third kappa shape index (κ3) is 2.01. The smallest absolute Gasteiger partial charge is 0.310 e. The lowest BCUT2D eigenvalue weighted by atomic mass is 9.31. The molecule has 6 aliphatic rings. The van der Waals surface area contributed by atoms with Crippen molar-refractivity contribution in [2.75, 3.05) is 34.9 Å². The van der Waals surface area contributed by atoms with Crippen molar-refractivity contribution in [3.8, 4) is 11.5 Å². The first kappa shape index (κ1) is 21.3. The second kappa shape index (κ2) is 6.45. The molecule has 176 valence electrons. The molecule has 0 unspecified atom stereocenters. The minimum Gasteiger partial charge on any atom is -0.493 e. The lowest BCUT2D eigenvalue weighted by Gasteiger charge is -2.73. The number of carbonyl (C=O) groups excluding carboxylic acids is 2. The van der Waals surface area contributed by atoms with E-state index >= 15 is 0 Å². The van der Waals surface area contributed by atoms with Gasteiger partial charge in [-0.2, -0.15) is 0 Å². The monoisotopic (exact) mass is 473 g/mol. The number of halogens is 1. The highest BCUT2D eigenvalue weighted by atomic mass is 35.5. The zero-order valence-electron chi connectivity index (χ0n) is 19.4. The van der Waals surface area contributed by atoms with Gasteiger partial charge < -0.3 is 23.8 Å². The number of methoxy groups -OCH3 is 3. The van der Waals surface area contributed by atoms with E-state index in [2.05, 4.69) is 31.0 Å². The van der Waals surface area contributed by atoms with E-state index in [1.807, 2.05) is 6.07 Å². The topological polar surface area (TPSA) is 74.3 Å². The van der Waals surface area contributed by atoms with Crippen LogP contribution in [0.4, 0.5) is 0 Å². The molecule has 4 bridgehead atoms. The first-order chi connectivity index (χ1) is 15.7. The molecule has 2 fully saturated rings. The third-order valence-electron chi connectivity index (χ3n) is 9.52. The summed E-state index contributed by atoms with van der Waals surface area (Å²) in [6, 6.07) is 4.00. The molecular weight excluding hydrogens is 446 g/mol. The summed E-state index contributed by atoms with van der Waals surface area (Å²) >= 11 is 7.01. The van der Waals surface area contributed by atoms with Gasteiger partial charge in [-0.1, -0.05) is 23.7 Å². The molecule has 2 spiro atoms. The number of piperidine rings is 1. The van der Waals surface area contributed by atoms with Gasteiger partial charge in [-0.05, 0) is 45.0 Å². The lowest BCUT2D eigenvalue weighted by Crippen LogP contribution is -2.82. The quantitative estimate of drug-likeness (QED) is 0.625. The van der Waals surface area contributed by atoms with Gasteiger partial charge in [0.05, 0.1) is 38.6 Å². The maximum atomic E-state index is 13.6. The van der Waals surface area contributed by atoms with Crippen LogP contribution in [0.2, 0.25) is 0 Å². The number of nitrogens with zero attached hydrogens (tertiary/aromatic N) is 1. The largest absolute Gasteiger partial charge is 0.493 e. The van der Waals surface area contributed by atoms with Gasteiger partial charge in [0, 0.05) is 28.0 Å². The number of fused-ring (bicyclic) bond motifs is 1. The van der Waals surface area contributed by atoms with Gasteiger partial charge in [0.25, 0.3) is 0 Å². The molecule has 8 heteroatoms. The molecule has 1 aromatic rings. The van der Waals surface area contributed by atoms with Crippen molar-refractivity contribution < 1.29 is 28.5 Å². The fourth-order valence-electron chi connectivity index (χ4n) is 8.54. The fourth-order valence-corrected chi connectivity index (χ4v) is 9.07. The van der Waals surface area contributed by atoms with Gasteiger partial charge in [0.1, 0.15) is 5.60 Å². The minimum atomic E-state index is -0.853. The first-order valence-electron chi connectivity index (χ1n) is 11.4. The van der Waals surface area contributed by atoms with Crippen molar-refractivity contribution in [3.05, 3.63) is 34.4 Å². The van der Waals surface area contributed by atoms with Crippen LogP contribution >= 0.6 is 11.6 Å². The zero-order chi connectivity index (χ0) is 23.5. The van der Waals surface area contributed by atoms with Crippen LogP contribution in [0.15, 0.2) is 23.2 Å². The molecule has 1 saturated carbocycles. The predicted octanol–water partition coefficient (Wildman–Crippen LogP) is 2.68. The molecule has 1 saturated heterocycles. The summed E-state index contributed by atoms with van der Waals surface area (Å²) in [6.45, 7) is 2.90. The molecule has 0 amide bonds. The van der Waals surface area contributed by atoms with Gasteiger partial charge in [0.2, 0.25) is 0 Å². The standard InChI is InChI=1S/C25H28ClNO6/c1-23-18-13(26)11-24(19(22(29)32-5)16(18)21(28)31-4)15-10-12-6-7-14(30-3)20(33-23)17(12)25(23,24)8-9-27(15)2/h6-7,11,15-16,18-19H,8-10H2,1-5H3/t15-,16+,18+,19-,23+,24-,25+/m1/s1. The molecule has 2 aliphatic heterocycles. The van der Waals surface area contributed by atoms with Crippen molar-refractivity contribution >= 4 is 23.5 Å². The summed E-state index contributed by atoms with van der Waals surface area (Å²) in [7, 11) is 6.45. The third-order valence-corrected chi connectivity index (χ3v) is 9.86. The van der Waals surface area contributed by atoms with E-state index in [9.17, 15) is 9.59 Å². The number of hydrogen-bond acceptors (Lipinski definition) is 7. The van der Waals surface area contributed by atoms with Gasteiger partial charge in [-0.3, -0.25) is 9.59 Å². The van der Waals surface area contributed by atoms with Crippen molar-refractivity contribution in [1.82, 2.24) is 4.90 Å². The summed E-state index contributed by atoms with van der Waals surface area (Å²) in [5, 5.41) is 0.555. The van der Waals surface area contributed by atoms with Crippen LogP contribution in [0.5, 0.6) is 11.5 Å². The van der Waals surface area contributed by atoms with Crippen molar-refractivity contribution in [2.24, 2.45) is 23.2 Å². The van der Waals surface area contributed by atoms with Crippen LogP contribution in [0, 0.1) is 23.2 Å². The number of carbonyl (C=O) groups is 2. The Labute approximate surface area is 197 Å². The summed E-state index contributed by atoms with van der Waals surface area (Å²) < 4.78 is 23.2. The maximum Gasteiger partial charge on any atom is 0.310 e. The highest BCUT2D eigenvalue weighted by Crippen LogP contribution is 2.79. The zero-order valence-corrected chi connectivity index (χ0v) is 20.2. The van der Waals surface area contributed by atoms with E-state index < -0.39 is 46.1 Å². The number of esters is 2. The molecule has 7 atom stereocenters. The Morgan fingerprint density at radius 1 is 1.18 bits per heavy atom. The van der Waals surface area contributed by atoms with Gasteiger partial charge in [-0.15, -0.1) is 0 Å². The summed E-state index contributed by atoms with van der Waals surface area (Å²) in [4.78, 5) is 29.2. The number of hydrogen-bond donors (Lipinski definition) is 0. The summed E-state index contributed by atoms with van der Waals surface area (Å²) in [5.74, 6) is -1.60. The molecule has 2 heterocycles. The van der Waals surface area contributed by atoms with Gasteiger partial charge in [0.15, 0.2) is 11.5 Å². The average Bonchev–Trinajstić information content (AvgIpc) is 3.08. The van der Waals surface area contributed by atoms with Crippen molar-refractivity contribution in [3.63, 3.8) is 0 Å². The molecule has 33 heavy (non-hydrogen) atoms. The van der Waals surface area contributed by atoms with E-state index in [4.69, 9.17) is 30.5 Å². The number of likely N-dealkylation sites (N-methyl/N-ethyl adjacent to an activating group) is 1. The van der Waals surface area contributed by atoms with Crippen LogP contribution in [0.3, 0.4) is 0 Å². The first-order valence-corrected chi connectivity index (χ1v) is 11.7. The van der Waals surface area contributed by atoms with E-state index in [1.54, 1.807) is 7.11 Å². The highest BCUT2D eigenvalue weighted by molar-refractivity contribution is 6.30. The second-order valence-electron chi connectivity index (χ2n) is 10.2. The molecule has 7 nitrogen and oxygen atoms in total. The Kier molecular flexibility index (Phi) is 4.16. The fraction of sp³-hybridized carbons (Fsp3) is 0.600. The van der Waals surface area contributed by atoms with Crippen molar-refractivity contribution in [1.29, 1.82) is 0 Å². The van der Waals surface area contributed by atoms with Crippen LogP contribution in [0.25, 0.3) is 0 Å². The molecule has 0 aromatic heterocycles. The predicted molar refractivity (Wildman–Crippen MR) is 119 cm³/mol. The summed E-state index contributed by atoms with van der Waals surface area (Å²) in [5.41, 5.74) is 0.106. The molecular formula is C25H28ClNO6. The van der Waals surface area contributed by atoms with Crippen LogP contribution in [-0.4, -0.2) is 63.4 Å². The summed E-state index contributed by atoms with van der Waals surface area (Å²) in [6.07, 6.45) is 3.54. The molecule has 4 aliphatic carbocycles. The highest BCUT2D eigenvalue weighted by Gasteiger charge is 2.85. The van der Waals surface area contributed by atoms with Gasteiger partial charge >= 0.3 is 11.9 Å². The average molecular weight is 474 g/mol. The van der Waals surface area contributed by atoms with E-state index in [0.29, 0.717) is 23.0 Å². The lowest BCUT2D eigenvalue weighted by molar-refractivity contribution is -0.227. The number of benzene rings is 1. The Hall–Kier alpha value is -2.25. The Bertz CT molecular complexity index is 1130. The number of likely N-dealkylation sites (tertiary alicyclic amines) is 1. The molecule has 0 N–H and O–H groups in total. The Morgan fingerprint density at radius 3 is 2.58 bits per heavy atom. The normalized spacial score (nSPS) is 41.6. The van der Waals surface area contributed by atoms with E-state index in [-0.39, 0.29) is 6.04 Å². The molecule has 0 radical (unpaired) electrons. The number of rotatable bonds is 3. The SMILES string of the molecule is COC(=O)[C@@H]1[C@H](C(=O)OC)[C@]23C=C(Cl)[C@@H]1[C@]1(C)Oc4c(OC)ccc5c4[C@]21CCN(C)[C@@H]3C5. The molecule has 1 aromatic carbocycles. The second-order valence-corrected chi connectivity index (χ2v) is 10.6. The van der Waals surface area contributed by atoms with E-state index in [0.717, 1.165) is 18.5 Å². The molecule has 7 rings (SSSR count). The van der Waals surface area contributed by atoms with Crippen LogP contribution < -0.4 is 9.47 Å². The van der Waals surface area contributed by atoms with Crippen LogP contribution in [-0.2, 0) is 30.9 Å². The maximum absolute atomic E-state index is 13.6. The Balaban J connectivity index is 1.77. The van der Waals surface area contributed by atoms with Gasteiger partial charge in [-0.25, -0.2) is 0 Å². The minimum absolute atomic E-state index is 0.0627. The Morgan fingerprint density at radius 2 is 1.91 bits per heavy atom. The van der Waals surface area contributed by atoms with Crippen LogP contribution in [0.1, 0.15) is 24.5 Å².